The van der Waals surface area contributed by atoms with Gasteiger partial charge in [0.2, 0.25) is 11.9 Å². The lowest BCUT2D eigenvalue weighted by atomic mass is 10.2. The summed E-state index contributed by atoms with van der Waals surface area (Å²) in [7, 11) is 1.89. The van der Waals surface area contributed by atoms with Gasteiger partial charge in [-0.05, 0) is 42.8 Å². The fourth-order valence-electron chi connectivity index (χ4n) is 3.69. The Morgan fingerprint density at radius 2 is 2.09 bits per heavy atom. The summed E-state index contributed by atoms with van der Waals surface area (Å²) < 4.78 is 8.11. The summed E-state index contributed by atoms with van der Waals surface area (Å²) in [4.78, 5) is 33.8. The molecule has 1 fully saturated rings. The molecule has 1 unspecified atom stereocenters. The van der Waals surface area contributed by atoms with Gasteiger partial charge in [0, 0.05) is 24.2 Å². The second-order valence-corrected chi connectivity index (χ2v) is 9.23. The number of imidazole rings is 1. The van der Waals surface area contributed by atoms with Crippen LogP contribution in [0.25, 0.3) is 21.3 Å². The highest BCUT2D eigenvalue weighted by Gasteiger charge is 2.18. The van der Waals surface area contributed by atoms with E-state index in [4.69, 9.17) is 16.3 Å². The van der Waals surface area contributed by atoms with Crippen LogP contribution in [0.15, 0.2) is 36.4 Å². The van der Waals surface area contributed by atoms with Gasteiger partial charge in [0.15, 0.2) is 5.13 Å². The summed E-state index contributed by atoms with van der Waals surface area (Å²) >= 11 is 7.55. The van der Waals surface area contributed by atoms with Crippen molar-refractivity contribution in [2.24, 2.45) is 7.05 Å². The number of ether oxygens (including phenoxy) is 1. The molecule has 2 aromatic carbocycles. The molecule has 5 rings (SSSR count). The molecule has 1 aliphatic heterocycles. The first-order valence-electron chi connectivity index (χ1n) is 10.4. The lowest BCUT2D eigenvalue weighted by Crippen LogP contribution is -2.42. The first kappa shape index (κ1) is 21.6. The van der Waals surface area contributed by atoms with Gasteiger partial charge in [0.25, 0.3) is 5.91 Å². The van der Waals surface area contributed by atoms with Gasteiger partial charge in [-0.15, -0.1) is 0 Å². The van der Waals surface area contributed by atoms with Crippen LogP contribution in [-0.4, -0.2) is 52.1 Å². The van der Waals surface area contributed by atoms with Crippen molar-refractivity contribution >= 4 is 67.1 Å². The number of halogens is 1. The number of benzene rings is 2. The molecule has 1 aliphatic rings. The van der Waals surface area contributed by atoms with Crippen molar-refractivity contribution < 1.29 is 14.3 Å². The van der Waals surface area contributed by atoms with Crippen molar-refractivity contribution in [3.8, 4) is 0 Å². The minimum atomic E-state index is -0.335. The number of thiazole rings is 1. The quantitative estimate of drug-likeness (QED) is 0.387. The van der Waals surface area contributed by atoms with Crippen LogP contribution in [0.1, 0.15) is 16.8 Å². The Labute approximate surface area is 198 Å². The van der Waals surface area contributed by atoms with Gasteiger partial charge in [-0.3, -0.25) is 9.59 Å². The molecule has 0 radical (unpaired) electrons. The maximum Gasteiger partial charge on any atom is 0.251 e. The second kappa shape index (κ2) is 8.97. The Hall–Kier alpha value is -3.21. The molecular weight excluding hydrogens is 464 g/mol. The van der Waals surface area contributed by atoms with Crippen molar-refractivity contribution in [3.63, 3.8) is 0 Å². The fraction of sp³-hybridized carbons (Fsp3) is 0.273. The van der Waals surface area contributed by atoms with Crippen LogP contribution < -0.4 is 16.0 Å². The van der Waals surface area contributed by atoms with E-state index in [9.17, 15) is 9.59 Å². The molecule has 2 aromatic heterocycles. The summed E-state index contributed by atoms with van der Waals surface area (Å²) in [6.07, 6.45) is 0.789. The first-order chi connectivity index (χ1) is 16.0. The Kier molecular flexibility index (Phi) is 5.88. The van der Waals surface area contributed by atoms with Gasteiger partial charge >= 0.3 is 0 Å². The molecule has 0 aliphatic carbocycles. The normalized spacial score (nSPS) is 15.8. The highest BCUT2D eigenvalue weighted by molar-refractivity contribution is 7.22. The van der Waals surface area contributed by atoms with E-state index < -0.39 is 0 Å². The predicted octanol–water partition coefficient (Wildman–Crippen LogP) is 3.21. The van der Waals surface area contributed by atoms with E-state index in [1.165, 1.54) is 11.3 Å². The van der Waals surface area contributed by atoms with Gasteiger partial charge in [-0.1, -0.05) is 22.9 Å². The summed E-state index contributed by atoms with van der Waals surface area (Å²) in [6.45, 7) is 1.06. The molecule has 0 bridgehead atoms. The second-order valence-electron chi connectivity index (χ2n) is 7.76. The fourth-order valence-corrected chi connectivity index (χ4v) is 4.83. The molecule has 3 heterocycles. The molecule has 2 amide bonds. The number of amides is 2. The Bertz CT molecular complexity index is 1360. The zero-order chi connectivity index (χ0) is 22.9. The van der Waals surface area contributed by atoms with E-state index in [0.29, 0.717) is 40.4 Å². The number of hydrogen-bond acceptors (Lipinski definition) is 7. The van der Waals surface area contributed by atoms with Crippen LogP contribution in [0.3, 0.4) is 0 Å². The monoisotopic (exact) mass is 484 g/mol. The maximum absolute atomic E-state index is 12.6. The number of carbonyl (C=O) groups is 2. The molecular formula is C22H21ClN6O3S. The smallest absolute Gasteiger partial charge is 0.251 e. The number of nitrogens with zero attached hydrogens (tertiary/aromatic N) is 3. The average molecular weight is 485 g/mol. The number of anilines is 2. The van der Waals surface area contributed by atoms with Gasteiger partial charge in [0.05, 0.1) is 40.4 Å². The Balaban J connectivity index is 1.28. The van der Waals surface area contributed by atoms with Crippen LogP contribution in [-0.2, 0) is 16.6 Å². The molecule has 170 valence electrons. The molecule has 11 heteroatoms. The predicted molar refractivity (Wildman–Crippen MR) is 128 cm³/mol. The van der Waals surface area contributed by atoms with Gasteiger partial charge < -0.3 is 25.3 Å². The molecule has 4 aromatic rings. The number of rotatable bonds is 6. The average Bonchev–Trinajstić information content (AvgIpc) is 3.51. The third kappa shape index (κ3) is 4.63. The summed E-state index contributed by atoms with van der Waals surface area (Å²) in [5.41, 5.74) is 2.80. The molecule has 0 saturated carbocycles. The van der Waals surface area contributed by atoms with E-state index in [1.54, 1.807) is 12.1 Å². The highest BCUT2D eigenvalue weighted by atomic mass is 35.5. The standard InChI is InChI=1S/C22H21ClN6O3S/c1-29-17-5-2-12(20(31)24-10-19(30)25-14-6-7-32-11-14)8-16(17)26-21(29)28-22-27-15-4-3-13(23)9-18(15)33-22/h2-5,8-9,14H,6-7,10-11H2,1H3,(H,24,31)(H,25,30)(H,26,27,28). The van der Waals surface area contributed by atoms with Crippen molar-refractivity contribution in [1.29, 1.82) is 0 Å². The van der Waals surface area contributed by atoms with Gasteiger partial charge in [-0.2, -0.15) is 0 Å². The third-order valence-electron chi connectivity index (χ3n) is 5.42. The van der Waals surface area contributed by atoms with E-state index in [1.807, 2.05) is 35.9 Å². The molecule has 33 heavy (non-hydrogen) atoms. The van der Waals surface area contributed by atoms with Crippen molar-refractivity contribution in [2.45, 2.75) is 12.5 Å². The van der Waals surface area contributed by atoms with Crippen LogP contribution >= 0.6 is 22.9 Å². The summed E-state index contributed by atoms with van der Waals surface area (Å²) in [5.74, 6) is 0.0326. The minimum Gasteiger partial charge on any atom is -0.379 e. The minimum absolute atomic E-state index is 0.0117. The first-order valence-corrected chi connectivity index (χ1v) is 11.6. The number of aryl methyl sites for hydroxylation is 1. The highest BCUT2D eigenvalue weighted by Crippen LogP contribution is 2.31. The van der Waals surface area contributed by atoms with E-state index in [-0.39, 0.29) is 24.4 Å². The zero-order valence-corrected chi connectivity index (χ0v) is 19.3. The lowest BCUT2D eigenvalue weighted by Gasteiger charge is -2.11. The maximum atomic E-state index is 12.6. The van der Waals surface area contributed by atoms with Crippen molar-refractivity contribution in [3.05, 3.63) is 47.0 Å². The molecule has 9 nitrogen and oxygen atoms in total. The van der Waals surface area contributed by atoms with Gasteiger partial charge in [-0.25, -0.2) is 9.97 Å². The number of nitrogens with one attached hydrogen (secondary N) is 3. The van der Waals surface area contributed by atoms with Gasteiger partial charge in [0.1, 0.15) is 0 Å². The SMILES string of the molecule is Cn1c(Nc2nc3ccc(Cl)cc3s2)nc2cc(C(=O)NCC(=O)NC3CCOC3)ccc21. The third-order valence-corrected chi connectivity index (χ3v) is 6.59. The number of hydrogen-bond donors (Lipinski definition) is 3. The topological polar surface area (TPSA) is 110 Å². The van der Waals surface area contributed by atoms with E-state index in [2.05, 4.69) is 25.9 Å². The van der Waals surface area contributed by atoms with Crippen LogP contribution in [0.2, 0.25) is 5.02 Å². The molecule has 1 saturated heterocycles. The summed E-state index contributed by atoms with van der Waals surface area (Å²) in [5, 5.41) is 10.1. The van der Waals surface area contributed by atoms with E-state index >= 15 is 0 Å². The number of aromatic nitrogens is 3. The van der Waals surface area contributed by atoms with Crippen LogP contribution in [0.5, 0.6) is 0 Å². The molecule has 1 atom stereocenters. The Morgan fingerprint density at radius 1 is 1.21 bits per heavy atom. The van der Waals surface area contributed by atoms with E-state index in [0.717, 1.165) is 22.2 Å². The lowest BCUT2D eigenvalue weighted by molar-refractivity contribution is -0.120. The molecule has 0 spiro atoms. The van der Waals surface area contributed by atoms with Crippen LogP contribution in [0, 0.1) is 0 Å². The largest absolute Gasteiger partial charge is 0.379 e. The van der Waals surface area contributed by atoms with Crippen LogP contribution in [0.4, 0.5) is 11.1 Å². The van der Waals surface area contributed by atoms with Crippen molar-refractivity contribution in [2.75, 3.05) is 25.1 Å². The number of carbonyl (C=O) groups excluding carboxylic acids is 2. The Morgan fingerprint density at radius 3 is 2.91 bits per heavy atom. The number of fused-ring (bicyclic) bond motifs is 2. The zero-order valence-electron chi connectivity index (χ0n) is 17.7. The summed E-state index contributed by atoms with van der Waals surface area (Å²) in [6, 6.07) is 10.8. The molecule has 3 N–H and O–H groups in total. The van der Waals surface area contributed by atoms with Crippen molar-refractivity contribution in [1.82, 2.24) is 25.2 Å².